The van der Waals surface area contributed by atoms with Gasteiger partial charge in [-0.05, 0) is 31.7 Å². The summed E-state index contributed by atoms with van der Waals surface area (Å²) >= 11 is 1.78. The molecule has 0 unspecified atom stereocenters. The summed E-state index contributed by atoms with van der Waals surface area (Å²) < 4.78 is 7.36. The maximum absolute atomic E-state index is 13.5. The zero-order valence-corrected chi connectivity index (χ0v) is 17.8. The molecule has 2 saturated heterocycles. The van der Waals surface area contributed by atoms with Crippen LogP contribution in [0.15, 0.2) is 30.0 Å². The van der Waals surface area contributed by atoms with Crippen LogP contribution in [0.5, 0.6) is 0 Å². The molecule has 0 radical (unpaired) electrons. The smallest absolute Gasteiger partial charge is 0.230 e. The number of amides is 1. The molecule has 7 heteroatoms. The van der Waals surface area contributed by atoms with E-state index >= 15 is 0 Å². The number of carbonyl (C=O) groups excluding carboxylic acids is 1. The first-order valence-corrected chi connectivity index (χ1v) is 11.0. The second kappa shape index (κ2) is 7.97. The zero-order valence-electron chi connectivity index (χ0n) is 17.0. The minimum absolute atomic E-state index is 0.146. The fraction of sp³-hybridized carbons (Fsp3) is 0.619. The number of nitrogens with zero attached hydrogens (tertiary/aromatic N) is 4. The third-order valence-electron chi connectivity index (χ3n) is 6.25. The molecule has 2 fully saturated rings. The predicted octanol–water partition coefficient (Wildman–Crippen LogP) is 2.99. The average molecular weight is 403 g/mol. The number of imidazole rings is 1. The van der Waals surface area contributed by atoms with Gasteiger partial charge in [-0.15, -0.1) is 11.3 Å². The van der Waals surface area contributed by atoms with Crippen molar-refractivity contribution in [3.8, 4) is 0 Å². The van der Waals surface area contributed by atoms with Gasteiger partial charge in [0.2, 0.25) is 5.91 Å². The summed E-state index contributed by atoms with van der Waals surface area (Å²) in [6.07, 6.45) is 4.96. The molecule has 6 nitrogen and oxygen atoms in total. The summed E-state index contributed by atoms with van der Waals surface area (Å²) in [7, 11) is 1.69. The molecule has 0 bridgehead atoms. The van der Waals surface area contributed by atoms with E-state index in [1.807, 2.05) is 11.2 Å². The molecule has 2 aliphatic heterocycles. The number of hydrogen-bond acceptors (Lipinski definition) is 5. The van der Waals surface area contributed by atoms with E-state index in [4.69, 9.17) is 9.72 Å². The highest BCUT2D eigenvalue weighted by Gasteiger charge is 2.57. The van der Waals surface area contributed by atoms with Crippen LogP contribution in [0, 0.1) is 5.41 Å². The Morgan fingerprint density at radius 2 is 2.29 bits per heavy atom. The summed E-state index contributed by atoms with van der Waals surface area (Å²) in [6, 6.07) is 4.65. The van der Waals surface area contributed by atoms with Crippen molar-refractivity contribution >= 4 is 17.2 Å². The van der Waals surface area contributed by atoms with Crippen LogP contribution in [-0.4, -0.2) is 65.2 Å². The van der Waals surface area contributed by atoms with Crippen LogP contribution < -0.4 is 0 Å². The first kappa shape index (κ1) is 19.6. The Morgan fingerprint density at radius 3 is 2.96 bits per heavy atom. The molecule has 1 spiro atoms. The lowest BCUT2D eigenvalue weighted by atomic mass is 9.75. The first-order valence-electron chi connectivity index (χ1n) is 10.1. The van der Waals surface area contributed by atoms with E-state index in [2.05, 4.69) is 47.0 Å². The van der Waals surface area contributed by atoms with Gasteiger partial charge in [-0.25, -0.2) is 4.98 Å². The minimum Gasteiger partial charge on any atom is -0.383 e. The fourth-order valence-electron chi connectivity index (χ4n) is 4.68. The molecular weight excluding hydrogens is 372 g/mol. The highest BCUT2D eigenvalue weighted by molar-refractivity contribution is 7.09. The lowest BCUT2D eigenvalue weighted by molar-refractivity contribution is -0.136. The van der Waals surface area contributed by atoms with E-state index < -0.39 is 0 Å². The second-order valence-corrected chi connectivity index (χ2v) is 9.36. The molecule has 0 N–H and O–H groups in total. The quantitative estimate of drug-likeness (QED) is 0.714. The van der Waals surface area contributed by atoms with Crippen LogP contribution in [0.2, 0.25) is 0 Å². The number of aromatic nitrogens is 2. The van der Waals surface area contributed by atoms with Crippen LogP contribution in [-0.2, 0) is 16.1 Å². The Morgan fingerprint density at radius 1 is 1.43 bits per heavy atom. The van der Waals surface area contributed by atoms with Gasteiger partial charge in [0, 0.05) is 62.9 Å². The number of methoxy groups -OCH3 is 1. The van der Waals surface area contributed by atoms with Gasteiger partial charge in [0.1, 0.15) is 0 Å². The molecule has 28 heavy (non-hydrogen) atoms. The predicted molar refractivity (Wildman–Crippen MR) is 110 cm³/mol. The lowest BCUT2D eigenvalue weighted by Gasteiger charge is -2.28. The van der Waals surface area contributed by atoms with Crippen molar-refractivity contribution in [2.45, 2.75) is 38.8 Å². The maximum Gasteiger partial charge on any atom is 0.230 e. The summed E-state index contributed by atoms with van der Waals surface area (Å²) in [5, 5.41) is 2.12. The molecule has 152 valence electrons. The Kier molecular flexibility index (Phi) is 5.58. The number of thiophene rings is 1. The molecule has 2 aromatic heterocycles. The van der Waals surface area contributed by atoms with Gasteiger partial charge in [0.15, 0.2) is 0 Å². The molecule has 2 aliphatic rings. The molecule has 0 aliphatic carbocycles. The highest BCUT2D eigenvalue weighted by Crippen LogP contribution is 2.50. The van der Waals surface area contributed by atoms with E-state index in [9.17, 15) is 4.79 Å². The Bertz CT molecular complexity index is 803. The monoisotopic (exact) mass is 402 g/mol. The molecule has 2 aromatic rings. The van der Waals surface area contributed by atoms with Gasteiger partial charge in [-0.3, -0.25) is 9.69 Å². The number of rotatable bonds is 7. The summed E-state index contributed by atoms with van der Waals surface area (Å²) in [5.74, 6) is 0.426. The Labute approximate surface area is 171 Å². The number of carbonyl (C=O) groups is 1. The SMILES string of the molecule is COCCN1CC[C@@]2(CN(Cc3cccs3)C[C@H]2c2cn(C(C)C)cn2)C1=O. The van der Waals surface area contributed by atoms with E-state index in [1.165, 1.54) is 4.88 Å². The van der Waals surface area contributed by atoms with Crippen molar-refractivity contribution in [3.05, 3.63) is 40.6 Å². The molecule has 0 saturated carbocycles. The third-order valence-corrected chi connectivity index (χ3v) is 7.12. The number of hydrogen-bond donors (Lipinski definition) is 0. The first-order chi connectivity index (χ1) is 13.5. The van der Waals surface area contributed by atoms with Crippen molar-refractivity contribution in [3.63, 3.8) is 0 Å². The van der Waals surface area contributed by atoms with Crippen molar-refractivity contribution in [1.82, 2.24) is 19.4 Å². The lowest BCUT2D eigenvalue weighted by Crippen LogP contribution is -2.40. The van der Waals surface area contributed by atoms with Crippen molar-refractivity contribution < 1.29 is 9.53 Å². The Hall–Kier alpha value is -1.70. The normalized spacial score (nSPS) is 25.6. The van der Waals surface area contributed by atoms with E-state index in [-0.39, 0.29) is 17.2 Å². The summed E-state index contributed by atoms with van der Waals surface area (Å²) in [5.41, 5.74) is 0.700. The molecular formula is C21H30N4O2S. The molecule has 1 amide bonds. The number of likely N-dealkylation sites (tertiary alicyclic amines) is 2. The largest absolute Gasteiger partial charge is 0.383 e. The van der Waals surface area contributed by atoms with Crippen molar-refractivity contribution in [2.24, 2.45) is 5.41 Å². The third kappa shape index (κ3) is 3.51. The second-order valence-electron chi connectivity index (χ2n) is 8.33. The molecule has 4 rings (SSSR count). The van der Waals surface area contributed by atoms with E-state index in [1.54, 1.807) is 18.4 Å². The summed E-state index contributed by atoms with van der Waals surface area (Å²) in [4.78, 5) is 24.0. The zero-order chi connectivity index (χ0) is 19.7. The van der Waals surface area contributed by atoms with Crippen molar-refractivity contribution in [2.75, 3.05) is 39.9 Å². The fourth-order valence-corrected chi connectivity index (χ4v) is 5.43. The van der Waals surface area contributed by atoms with Crippen molar-refractivity contribution in [1.29, 1.82) is 0 Å². The number of ether oxygens (including phenoxy) is 1. The Balaban J connectivity index is 1.61. The average Bonchev–Trinajstić information content (AvgIpc) is 3.44. The van der Waals surface area contributed by atoms with Crippen LogP contribution in [0.4, 0.5) is 0 Å². The van der Waals surface area contributed by atoms with Crippen LogP contribution in [0.3, 0.4) is 0 Å². The molecule has 4 heterocycles. The van der Waals surface area contributed by atoms with Gasteiger partial charge in [-0.1, -0.05) is 6.07 Å². The van der Waals surface area contributed by atoms with Crippen LogP contribution >= 0.6 is 11.3 Å². The van der Waals surface area contributed by atoms with Gasteiger partial charge in [0.05, 0.1) is 24.0 Å². The summed E-state index contributed by atoms with van der Waals surface area (Å²) in [6.45, 7) is 9.01. The van der Waals surface area contributed by atoms with Gasteiger partial charge < -0.3 is 14.2 Å². The molecule has 2 atom stereocenters. The topological polar surface area (TPSA) is 50.6 Å². The van der Waals surface area contributed by atoms with Gasteiger partial charge in [-0.2, -0.15) is 0 Å². The van der Waals surface area contributed by atoms with Crippen LogP contribution in [0.1, 0.15) is 42.8 Å². The van der Waals surface area contributed by atoms with Gasteiger partial charge >= 0.3 is 0 Å². The van der Waals surface area contributed by atoms with E-state index in [0.29, 0.717) is 19.2 Å². The minimum atomic E-state index is -0.360. The maximum atomic E-state index is 13.5. The standard InChI is InChI=1S/C21H30N4O2S/c1-16(2)25-13-19(22-15-25)18-12-23(11-17-5-4-10-28-17)14-21(18)6-7-24(20(21)26)8-9-27-3/h4-5,10,13,15-16,18H,6-9,11-12,14H2,1-3H3/t18-,21-/m0/s1. The van der Waals surface area contributed by atoms with Crippen LogP contribution in [0.25, 0.3) is 0 Å². The van der Waals surface area contributed by atoms with Gasteiger partial charge in [0.25, 0.3) is 0 Å². The highest BCUT2D eigenvalue weighted by atomic mass is 32.1. The molecule has 0 aromatic carbocycles. The van der Waals surface area contributed by atoms with E-state index in [0.717, 1.165) is 38.3 Å².